The molecule has 0 saturated carbocycles. The molecule has 0 aliphatic heterocycles. The molecule has 1 aliphatic carbocycles. The predicted molar refractivity (Wildman–Crippen MR) is 84.3 cm³/mol. The van der Waals surface area contributed by atoms with Crippen molar-refractivity contribution in [1.82, 2.24) is 10.2 Å². The number of anilines is 1. The zero-order chi connectivity index (χ0) is 15.4. The Labute approximate surface area is 129 Å². The lowest BCUT2D eigenvalue weighted by Gasteiger charge is -2.12. The highest BCUT2D eigenvalue weighted by molar-refractivity contribution is 5.92. The molecular formula is C17H19N3O2. The van der Waals surface area contributed by atoms with Crippen molar-refractivity contribution in [3.63, 3.8) is 0 Å². The van der Waals surface area contributed by atoms with Crippen molar-refractivity contribution in [2.75, 3.05) is 5.32 Å². The van der Waals surface area contributed by atoms with Crippen LogP contribution in [0.15, 0.2) is 40.3 Å². The van der Waals surface area contributed by atoms with E-state index in [2.05, 4.69) is 21.6 Å². The molecular weight excluding hydrogens is 278 g/mol. The third-order valence-corrected chi connectivity index (χ3v) is 3.69. The van der Waals surface area contributed by atoms with E-state index in [0.717, 1.165) is 24.1 Å². The molecule has 1 N–H and O–H groups in total. The van der Waals surface area contributed by atoms with Crippen LogP contribution in [0.4, 0.5) is 5.69 Å². The number of aryl methyl sites for hydroxylation is 1. The van der Waals surface area contributed by atoms with Gasteiger partial charge >= 0.3 is 0 Å². The molecule has 1 amide bonds. The van der Waals surface area contributed by atoms with Gasteiger partial charge in [0.25, 0.3) is 0 Å². The number of hydrogen-bond donors (Lipinski definition) is 1. The van der Waals surface area contributed by atoms with Gasteiger partial charge in [-0.1, -0.05) is 17.7 Å². The van der Waals surface area contributed by atoms with Gasteiger partial charge in [0, 0.05) is 24.6 Å². The van der Waals surface area contributed by atoms with E-state index >= 15 is 0 Å². The number of carbonyl (C=O) groups excluding carboxylic acids is 1. The fourth-order valence-electron chi connectivity index (χ4n) is 2.62. The number of hydrogen-bond acceptors (Lipinski definition) is 4. The molecule has 1 heterocycles. The highest BCUT2D eigenvalue weighted by Gasteiger charge is 2.11. The number of rotatable bonds is 4. The van der Waals surface area contributed by atoms with Gasteiger partial charge in [-0.25, -0.2) is 0 Å². The number of allylic oxidation sites excluding steroid dienone is 1. The minimum absolute atomic E-state index is 0.0204. The summed E-state index contributed by atoms with van der Waals surface area (Å²) < 4.78 is 5.41. The van der Waals surface area contributed by atoms with E-state index in [1.54, 1.807) is 6.92 Å². The Morgan fingerprint density at radius 2 is 2.23 bits per heavy atom. The molecule has 3 rings (SSSR count). The molecule has 0 saturated heterocycles. The van der Waals surface area contributed by atoms with Crippen LogP contribution in [0.1, 0.15) is 38.0 Å². The van der Waals surface area contributed by atoms with Crippen molar-refractivity contribution >= 4 is 11.6 Å². The van der Waals surface area contributed by atoms with Crippen molar-refractivity contribution < 1.29 is 9.21 Å². The number of carbonyl (C=O) groups is 1. The first-order valence-corrected chi connectivity index (χ1v) is 7.59. The minimum Gasteiger partial charge on any atom is -0.421 e. The third-order valence-electron chi connectivity index (χ3n) is 3.69. The summed E-state index contributed by atoms with van der Waals surface area (Å²) in [6.07, 6.45) is 7.22. The average molecular weight is 297 g/mol. The molecule has 1 aromatic carbocycles. The Hall–Kier alpha value is -2.43. The second-order valence-electron chi connectivity index (χ2n) is 5.54. The smallest absolute Gasteiger partial charge is 0.247 e. The molecule has 22 heavy (non-hydrogen) atoms. The fraction of sp³-hybridized carbons (Fsp3) is 0.353. The van der Waals surface area contributed by atoms with Crippen molar-refractivity contribution in [3.8, 4) is 11.5 Å². The Morgan fingerprint density at radius 1 is 1.32 bits per heavy atom. The van der Waals surface area contributed by atoms with Crippen LogP contribution >= 0.6 is 0 Å². The third kappa shape index (κ3) is 3.61. The van der Waals surface area contributed by atoms with Crippen molar-refractivity contribution in [2.45, 2.75) is 39.0 Å². The molecule has 5 heteroatoms. The van der Waals surface area contributed by atoms with Crippen molar-refractivity contribution in [3.05, 3.63) is 41.8 Å². The quantitative estimate of drug-likeness (QED) is 0.870. The largest absolute Gasteiger partial charge is 0.421 e. The maximum absolute atomic E-state index is 12.1. The summed E-state index contributed by atoms with van der Waals surface area (Å²) in [5, 5.41) is 10.7. The van der Waals surface area contributed by atoms with E-state index in [-0.39, 0.29) is 5.91 Å². The highest BCUT2D eigenvalue weighted by Crippen LogP contribution is 2.23. The molecule has 0 fully saturated rings. The van der Waals surface area contributed by atoms with Gasteiger partial charge in [-0.3, -0.25) is 4.79 Å². The molecule has 0 spiro atoms. The van der Waals surface area contributed by atoms with Gasteiger partial charge in [-0.2, -0.15) is 0 Å². The number of amides is 1. The molecule has 5 nitrogen and oxygen atoms in total. The number of aromatic nitrogens is 2. The molecule has 0 unspecified atom stereocenters. The summed E-state index contributed by atoms with van der Waals surface area (Å²) in [6.45, 7) is 1.75. The molecule has 0 bridgehead atoms. The Kier molecular flexibility index (Phi) is 4.32. The van der Waals surface area contributed by atoms with Crippen LogP contribution in [0.3, 0.4) is 0 Å². The first kappa shape index (κ1) is 14.5. The van der Waals surface area contributed by atoms with Gasteiger partial charge in [0.2, 0.25) is 17.7 Å². The SMILES string of the molecule is Cc1nnc(-c2cccc(NC(=O)CC3=CCCCC3)c2)o1. The number of nitrogens with zero attached hydrogens (tertiary/aromatic N) is 2. The van der Waals surface area contributed by atoms with E-state index in [9.17, 15) is 4.79 Å². The second-order valence-corrected chi connectivity index (χ2v) is 5.54. The molecule has 1 aromatic heterocycles. The van der Waals surface area contributed by atoms with E-state index in [1.807, 2.05) is 24.3 Å². The molecule has 0 radical (unpaired) electrons. The standard InChI is InChI=1S/C17H19N3O2/c1-12-19-20-17(22-12)14-8-5-9-15(11-14)18-16(21)10-13-6-3-2-4-7-13/h5-6,8-9,11H,2-4,7,10H2,1H3,(H,18,21). The van der Waals surface area contributed by atoms with Crippen molar-refractivity contribution in [1.29, 1.82) is 0 Å². The minimum atomic E-state index is 0.0204. The average Bonchev–Trinajstić information content (AvgIpc) is 2.95. The summed E-state index contributed by atoms with van der Waals surface area (Å²) in [5.41, 5.74) is 2.79. The van der Waals surface area contributed by atoms with Crippen LogP contribution in [0, 0.1) is 6.92 Å². The number of benzene rings is 1. The zero-order valence-electron chi connectivity index (χ0n) is 12.6. The summed E-state index contributed by atoms with van der Waals surface area (Å²) >= 11 is 0. The Bertz CT molecular complexity index is 703. The zero-order valence-corrected chi connectivity index (χ0v) is 12.6. The van der Waals surface area contributed by atoms with Crippen LogP contribution in [0.25, 0.3) is 11.5 Å². The molecule has 1 aliphatic rings. The van der Waals surface area contributed by atoms with Crippen LogP contribution in [-0.2, 0) is 4.79 Å². The van der Waals surface area contributed by atoms with Gasteiger partial charge in [0.15, 0.2) is 0 Å². The van der Waals surface area contributed by atoms with Crippen LogP contribution in [-0.4, -0.2) is 16.1 Å². The first-order valence-electron chi connectivity index (χ1n) is 7.59. The van der Waals surface area contributed by atoms with E-state index < -0.39 is 0 Å². The van der Waals surface area contributed by atoms with Gasteiger partial charge in [0.05, 0.1) is 0 Å². The fourth-order valence-corrected chi connectivity index (χ4v) is 2.62. The lowest BCUT2D eigenvalue weighted by Crippen LogP contribution is -2.13. The topological polar surface area (TPSA) is 68.0 Å². The van der Waals surface area contributed by atoms with Crippen LogP contribution < -0.4 is 5.32 Å². The van der Waals surface area contributed by atoms with Crippen molar-refractivity contribution in [2.24, 2.45) is 0 Å². The monoisotopic (exact) mass is 297 g/mol. The summed E-state index contributed by atoms with van der Waals surface area (Å²) in [5.74, 6) is 1.00. The van der Waals surface area contributed by atoms with Gasteiger partial charge in [-0.05, 0) is 43.9 Å². The van der Waals surface area contributed by atoms with Gasteiger partial charge < -0.3 is 9.73 Å². The Morgan fingerprint density at radius 3 is 2.95 bits per heavy atom. The van der Waals surface area contributed by atoms with Crippen LogP contribution in [0.2, 0.25) is 0 Å². The maximum atomic E-state index is 12.1. The summed E-state index contributed by atoms with van der Waals surface area (Å²) in [7, 11) is 0. The number of nitrogens with one attached hydrogen (secondary N) is 1. The van der Waals surface area contributed by atoms with E-state index in [4.69, 9.17) is 4.42 Å². The highest BCUT2D eigenvalue weighted by atomic mass is 16.4. The first-order chi connectivity index (χ1) is 10.7. The van der Waals surface area contributed by atoms with Gasteiger partial charge in [0.1, 0.15) is 0 Å². The molecule has 114 valence electrons. The van der Waals surface area contributed by atoms with E-state index in [0.29, 0.717) is 18.2 Å². The lowest BCUT2D eigenvalue weighted by molar-refractivity contribution is -0.115. The lowest BCUT2D eigenvalue weighted by atomic mass is 9.97. The molecule has 2 aromatic rings. The second kappa shape index (κ2) is 6.56. The summed E-state index contributed by atoms with van der Waals surface area (Å²) in [6, 6.07) is 7.45. The summed E-state index contributed by atoms with van der Waals surface area (Å²) in [4.78, 5) is 12.1. The van der Waals surface area contributed by atoms with Gasteiger partial charge in [-0.15, -0.1) is 10.2 Å². The predicted octanol–water partition coefficient (Wildman–Crippen LogP) is 3.87. The van der Waals surface area contributed by atoms with E-state index in [1.165, 1.54) is 18.4 Å². The maximum Gasteiger partial charge on any atom is 0.247 e. The molecule has 0 atom stereocenters. The normalized spacial score (nSPS) is 14.5. The Balaban J connectivity index is 1.67. The van der Waals surface area contributed by atoms with Crippen LogP contribution in [0.5, 0.6) is 0 Å².